The van der Waals surface area contributed by atoms with Crippen molar-refractivity contribution in [1.29, 1.82) is 0 Å². The number of quaternary nitrogens is 1. The number of hydrogen-bond acceptors (Lipinski definition) is 8. The molecule has 0 bridgehead atoms. The molecule has 2 N–H and O–H groups in total. The number of esters is 1. The van der Waals surface area contributed by atoms with Gasteiger partial charge in [0.05, 0.1) is 39.0 Å². The Kier molecular flexibility index (Phi) is 17.4. The van der Waals surface area contributed by atoms with Crippen LogP contribution < -0.4 is 15.3 Å². The maximum Gasteiger partial charge on any atom is 0.407 e. The molecular formula is C24H44N2O7S. The maximum absolute atomic E-state index is 11.7. The van der Waals surface area contributed by atoms with Crippen molar-refractivity contribution in [2.45, 2.75) is 54.4 Å². The van der Waals surface area contributed by atoms with E-state index in [0.29, 0.717) is 29.9 Å². The van der Waals surface area contributed by atoms with E-state index in [1.54, 1.807) is 34.6 Å². The van der Waals surface area contributed by atoms with Crippen LogP contribution >= 0.6 is 11.8 Å². The van der Waals surface area contributed by atoms with Crippen LogP contribution in [0, 0.1) is 10.8 Å². The van der Waals surface area contributed by atoms with E-state index < -0.39 is 22.9 Å². The summed E-state index contributed by atoms with van der Waals surface area (Å²) in [6, 6.07) is 0. The van der Waals surface area contributed by atoms with Gasteiger partial charge in [-0.2, -0.15) is 11.8 Å². The molecule has 10 heteroatoms. The number of allylic oxidation sites excluding steroid dienone is 1. The second kappa shape index (κ2) is 17.4. The quantitative estimate of drug-likeness (QED) is 0.191. The number of rotatable bonds is 15. The molecule has 0 heterocycles. The zero-order valence-corrected chi connectivity index (χ0v) is 22.9. The lowest BCUT2D eigenvalue weighted by molar-refractivity contribution is -0.857. The summed E-state index contributed by atoms with van der Waals surface area (Å²) in [7, 11) is 4.07. The first-order valence-corrected chi connectivity index (χ1v) is 12.6. The van der Waals surface area contributed by atoms with Crippen molar-refractivity contribution in [3.63, 3.8) is 0 Å². The molecule has 0 aromatic heterocycles. The van der Waals surface area contributed by atoms with Gasteiger partial charge in [-0.15, -0.1) is 0 Å². The van der Waals surface area contributed by atoms with Crippen molar-refractivity contribution in [1.82, 2.24) is 5.32 Å². The van der Waals surface area contributed by atoms with E-state index in [1.165, 1.54) is 16.7 Å². The van der Waals surface area contributed by atoms with Gasteiger partial charge in [0.15, 0.2) is 5.78 Å². The number of carbonyl (C=O) groups excluding carboxylic acids is 4. The summed E-state index contributed by atoms with van der Waals surface area (Å²) in [4.78, 5) is 46.2. The lowest BCUT2D eigenvalue weighted by Gasteiger charge is -2.24. The minimum absolute atomic E-state index is 0.0892. The molecule has 0 aromatic carbocycles. The number of nitrogens with one attached hydrogen (secondary N) is 2. The SMILES string of the molecule is C=C(C)C(=O)CC[NH+](C)C.CCC(C)(C)C(=O)OCCNC(=O)OCCSCC(C)(C)C(=O)[O-]. The van der Waals surface area contributed by atoms with Crippen LogP contribution in [0.3, 0.4) is 0 Å². The van der Waals surface area contributed by atoms with E-state index in [1.807, 2.05) is 21.0 Å². The van der Waals surface area contributed by atoms with Crippen molar-refractivity contribution < 1.29 is 38.7 Å². The predicted molar refractivity (Wildman–Crippen MR) is 133 cm³/mol. The molecule has 0 radical (unpaired) electrons. The average molecular weight is 505 g/mol. The van der Waals surface area contributed by atoms with Crippen LogP contribution in [-0.4, -0.2) is 75.7 Å². The predicted octanol–water partition coefficient (Wildman–Crippen LogP) is 0.868. The van der Waals surface area contributed by atoms with Gasteiger partial charge in [0.25, 0.3) is 0 Å². The van der Waals surface area contributed by atoms with E-state index in [4.69, 9.17) is 9.47 Å². The number of ether oxygens (including phenoxy) is 2. The van der Waals surface area contributed by atoms with Gasteiger partial charge in [0.1, 0.15) is 13.2 Å². The van der Waals surface area contributed by atoms with E-state index >= 15 is 0 Å². The van der Waals surface area contributed by atoms with Gasteiger partial charge < -0.3 is 29.6 Å². The molecule has 0 rings (SSSR count). The minimum Gasteiger partial charge on any atom is -0.550 e. The monoisotopic (exact) mass is 504 g/mol. The number of carboxylic acids is 1. The van der Waals surface area contributed by atoms with Crippen LogP contribution in [0.25, 0.3) is 0 Å². The molecule has 0 saturated carbocycles. The number of Topliss-reactive ketones (excluding diaryl/α,β-unsaturated/α-hetero) is 1. The summed E-state index contributed by atoms with van der Waals surface area (Å²) in [6.07, 6.45) is 0.700. The summed E-state index contributed by atoms with van der Waals surface area (Å²) >= 11 is 1.37. The first-order valence-electron chi connectivity index (χ1n) is 11.4. The Morgan fingerprint density at radius 3 is 2.09 bits per heavy atom. The van der Waals surface area contributed by atoms with Crippen LogP contribution in [0.5, 0.6) is 0 Å². The Hall–Kier alpha value is -2.07. The molecule has 0 unspecified atom stereocenters. The largest absolute Gasteiger partial charge is 0.550 e. The lowest BCUT2D eigenvalue weighted by atomic mass is 9.91. The minimum atomic E-state index is -1.10. The Bertz CT molecular complexity index is 676. The second-order valence-electron chi connectivity index (χ2n) is 9.57. The number of amides is 1. The Labute approximate surface area is 209 Å². The summed E-state index contributed by atoms with van der Waals surface area (Å²) in [6.45, 7) is 15.3. The Morgan fingerprint density at radius 1 is 1.03 bits per heavy atom. The maximum atomic E-state index is 11.7. The normalized spacial score (nSPS) is 11.2. The molecule has 0 aliphatic carbocycles. The van der Waals surface area contributed by atoms with Gasteiger partial charge in [0, 0.05) is 22.9 Å². The number of aliphatic carboxylic acids is 1. The standard InChI is InChI=1S/C16H29NO6S.C8H15NO/c1-6-15(2,3)13(20)22-8-7-17-14(21)23-9-10-24-11-16(4,5)12(18)19;1-7(2)8(10)5-6-9(3)4/h6-11H2,1-5H3,(H,17,21)(H,18,19);1,5-6H2,2-4H3. The molecule has 1 amide bonds. The molecule has 0 atom stereocenters. The van der Waals surface area contributed by atoms with E-state index in [-0.39, 0.29) is 31.5 Å². The van der Waals surface area contributed by atoms with E-state index in [9.17, 15) is 24.3 Å². The smallest absolute Gasteiger partial charge is 0.407 e. The molecule has 198 valence electrons. The fraction of sp³-hybridized carbons (Fsp3) is 0.750. The molecule has 0 fully saturated rings. The van der Waals surface area contributed by atoms with Crippen molar-refractivity contribution in [2.75, 3.05) is 51.9 Å². The molecule has 0 aromatic rings. The first kappa shape index (κ1) is 34.1. The average Bonchev–Trinajstić information content (AvgIpc) is 2.74. The zero-order valence-electron chi connectivity index (χ0n) is 22.1. The summed E-state index contributed by atoms with van der Waals surface area (Å²) < 4.78 is 10.0. The second-order valence-corrected chi connectivity index (χ2v) is 10.7. The molecule has 0 aliphatic heterocycles. The highest BCUT2D eigenvalue weighted by molar-refractivity contribution is 7.99. The number of thioether (sulfide) groups is 1. The molecular weight excluding hydrogens is 460 g/mol. The van der Waals surface area contributed by atoms with Crippen molar-refractivity contribution in [2.24, 2.45) is 10.8 Å². The third kappa shape index (κ3) is 17.4. The number of ketones is 1. The molecule has 0 aliphatic rings. The third-order valence-electron chi connectivity index (χ3n) is 4.85. The van der Waals surface area contributed by atoms with Gasteiger partial charge in [-0.3, -0.25) is 9.59 Å². The molecule has 34 heavy (non-hydrogen) atoms. The van der Waals surface area contributed by atoms with Gasteiger partial charge >= 0.3 is 12.1 Å². The number of carbonyl (C=O) groups is 4. The number of alkyl carbamates (subject to hydrolysis) is 1. The molecule has 0 spiro atoms. The topological polar surface area (TPSA) is 126 Å². The molecule has 9 nitrogen and oxygen atoms in total. The fourth-order valence-electron chi connectivity index (χ4n) is 1.84. The highest BCUT2D eigenvalue weighted by Gasteiger charge is 2.26. The number of hydrogen-bond donors (Lipinski definition) is 2. The van der Waals surface area contributed by atoms with Crippen molar-refractivity contribution in [3.8, 4) is 0 Å². The van der Waals surface area contributed by atoms with Gasteiger partial charge in [0.2, 0.25) is 0 Å². The number of carboxylic acid groups (broad SMARTS) is 1. The van der Waals surface area contributed by atoms with Gasteiger partial charge in [-0.1, -0.05) is 27.4 Å². The van der Waals surface area contributed by atoms with Crippen LogP contribution in [-0.2, 0) is 23.9 Å². The van der Waals surface area contributed by atoms with Crippen molar-refractivity contribution in [3.05, 3.63) is 12.2 Å². The highest BCUT2D eigenvalue weighted by Crippen LogP contribution is 2.21. The van der Waals surface area contributed by atoms with Crippen LogP contribution in [0.4, 0.5) is 4.79 Å². The highest BCUT2D eigenvalue weighted by atomic mass is 32.2. The van der Waals surface area contributed by atoms with Gasteiger partial charge in [-0.05, 0) is 32.8 Å². The Balaban J connectivity index is 0. The van der Waals surface area contributed by atoms with E-state index in [2.05, 4.69) is 11.9 Å². The van der Waals surface area contributed by atoms with Crippen molar-refractivity contribution >= 4 is 35.6 Å². The molecule has 0 saturated heterocycles. The fourth-order valence-corrected chi connectivity index (χ4v) is 2.82. The summed E-state index contributed by atoms with van der Waals surface area (Å²) in [5, 5.41) is 13.3. The van der Waals surface area contributed by atoms with E-state index in [0.717, 1.165) is 6.54 Å². The third-order valence-corrected chi connectivity index (χ3v) is 6.23. The first-order chi connectivity index (χ1) is 15.6. The zero-order chi connectivity index (χ0) is 26.9. The Morgan fingerprint density at radius 2 is 1.62 bits per heavy atom. The summed E-state index contributed by atoms with van der Waals surface area (Å²) in [5.74, 6) is -0.351. The van der Waals surface area contributed by atoms with Gasteiger partial charge in [-0.25, -0.2) is 4.79 Å². The van der Waals surface area contributed by atoms with Crippen LogP contribution in [0.1, 0.15) is 54.4 Å². The van der Waals surface area contributed by atoms with Crippen LogP contribution in [0.15, 0.2) is 12.2 Å². The van der Waals surface area contributed by atoms with Crippen LogP contribution in [0.2, 0.25) is 0 Å². The summed E-state index contributed by atoms with van der Waals surface area (Å²) in [5.41, 5.74) is -0.777. The lowest BCUT2D eigenvalue weighted by Crippen LogP contribution is -3.05.